The van der Waals surface area contributed by atoms with E-state index in [0.29, 0.717) is 67.4 Å². The van der Waals surface area contributed by atoms with Crippen LogP contribution in [-0.4, -0.2) is 126 Å². The summed E-state index contributed by atoms with van der Waals surface area (Å²) < 4.78 is 49.8. The van der Waals surface area contributed by atoms with Gasteiger partial charge in [0, 0.05) is 93.3 Å². The SMILES string of the molecule is CCN(C)S(=O)(=O)Nc1cccc(C(=O)c2c[nH]c3ncc(-c4ccc(N5CCN(C(=O)CN6CCC(c7ccc(OC8CCC(=O)NC8=O)cc7)CC6)CC5)nc4)cc23)c1F. The number of benzene rings is 2. The number of aromatic nitrogens is 3. The Balaban J connectivity index is 0.824. The van der Waals surface area contributed by atoms with Crippen molar-refractivity contribution < 1.29 is 36.7 Å². The van der Waals surface area contributed by atoms with Crippen LogP contribution in [0.4, 0.5) is 15.9 Å². The lowest BCUT2D eigenvalue weighted by atomic mass is 9.89. The molecule has 1 unspecified atom stereocenters. The summed E-state index contributed by atoms with van der Waals surface area (Å²) in [5, 5.41) is 2.79. The molecule has 0 aliphatic carbocycles. The first-order valence-corrected chi connectivity index (χ1v) is 22.2. The second-order valence-corrected chi connectivity index (χ2v) is 17.6. The number of likely N-dealkylation sites (tertiary alicyclic amines) is 1. The fraction of sp³-hybridized carbons (Fsp3) is 0.364. The summed E-state index contributed by atoms with van der Waals surface area (Å²) in [6.45, 7) is 6.30. The maximum absolute atomic E-state index is 15.6. The van der Waals surface area contributed by atoms with E-state index in [-0.39, 0.29) is 41.6 Å². The van der Waals surface area contributed by atoms with Crippen molar-refractivity contribution in [1.29, 1.82) is 0 Å². The number of fused-ring (bicyclic) bond motifs is 1. The monoisotopic (exact) mass is 865 g/mol. The van der Waals surface area contributed by atoms with Crippen molar-refractivity contribution in [3.05, 3.63) is 102 Å². The van der Waals surface area contributed by atoms with E-state index in [4.69, 9.17) is 9.72 Å². The minimum absolute atomic E-state index is 0.117. The molecule has 3 aromatic heterocycles. The summed E-state index contributed by atoms with van der Waals surface area (Å²) in [7, 11) is -2.65. The number of ether oxygens (including phenoxy) is 1. The van der Waals surface area contributed by atoms with Gasteiger partial charge in [-0.1, -0.05) is 25.1 Å². The van der Waals surface area contributed by atoms with E-state index in [1.54, 1.807) is 25.4 Å². The summed E-state index contributed by atoms with van der Waals surface area (Å²) in [5.74, 6) is -0.417. The number of nitrogens with one attached hydrogen (secondary N) is 3. The Morgan fingerprint density at radius 1 is 0.919 bits per heavy atom. The zero-order valence-corrected chi connectivity index (χ0v) is 35.3. The van der Waals surface area contributed by atoms with E-state index < -0.39 is 33.8 Å². The van der Waals surface area contributed by atoms with Crippen LogP contribution in [0.25, 0.3) is 22.2 Å². The number of aromatic amines is 1. The molecule has 2 aromatic carbocycles. The number of halogens is 1. The standard InChI is InChI=1S/C44H48FN9O7S/c1-3-51(2)62(59,60)50-36-6-4-5-33(41(36)45)42(57)35-26-48-43-34(35)23-31(25-47-43)30-9-13-38(46-24-30)53-19-21-54(22-20-53)40(56)27-52-17-15-29(16-18-52)28-7-10-32(11-8-28)61-37-12-14-39(55)49-44(37)58/h4-11,13,23-26,29,37,50H,3,12,14-22,27H2,1-2H3,(H,47,48)(H,49,55,58). The number of carbonyl (C=O) groups is 4. The Morgan fingerprint density at radius 2 is 1.66 bits per heavy atom. The van der Waals surface area contributed by atoms with Crippen LogP contribution in [0.1, 0.15) is 60.0 Å². The number of carbonyl (C=O) groups excluding carboxylic acids is 4. The molecule has 0 radical (unpaired) electrons. The number of piperidine rings is 2. The van der Waals surface area contributed by atoms with E-state index >= 15 is 4.39 Å². The zero-order chi connectivity index (χ0) is 43.5. The first-order chi connectivity index (χ1) is 29.9. The van der Waals surface area contributed by atoms with Crippen LogP contribution in [0.15, 0.2) is 79.3 Å². The highest BCUT2D eigenvalue weighted by atomic mass is 32.2. The van der Waals surface area contributed by atoms with Gasteiger partial charge in [0.1, 0.15) is 17.2 Å². The van der Waals surface area contributed by atoms with Crippen LogP contribution in [0.2, 0.25) is 0 Å². The molecule has 3 saturated heterocycles. The number of rotatable bonds is 13. The zero-order valence-electron chi connectivity index (χ0n) is 34.5. The van der Waals surface area contributed by atoms with Gasteiger partial charge < -0.3 is 19.5 Å². The molecule has 6 heterocycles. The number of H-pyrrole nitrogens is 1. The summed E-state index contributed by atoms with van der Waals surface area (Å²) in [6, 6.07) is 17.4. The van der Waals surface area contributed by atoms with Gasteiger partial charge in [0.15, 0.2) is 17.7 Å². The second-order valence-electron chi connectivity index (χ2n) is 15.8. The van der Waals surface area contributed by atoms with Crippen LogP contribution in [-0.2, 0) is 24.6 Å². The molecule has 1 atom stereocenters. The van der Waals surface area contributed by atoms with E-state index in [0.717, 1.165) is 41.6 Å². The maximum Gasteiger partial charge on any atom is 0.301 e. The molecule has 0 spiro atoms. The van der Waals surface area contributed by atoms with Crippen LogP contribution in [0.5, 0.6) is 5.75 Å². The largest absolute Gasteiger partial charge is 0.481 e. The second kappa shape index (κ2) is 18.0. The van der Waals surface area contributed by atoms with Gasteiger partial charge in [-0.2, -0.15) is 12.7 Å². The molecule has 324 valence electrons. The Morgan fingerprint density at radius 3 is 2.35 bits per heavy atom. The lowest BCUT2D eigenvalue weighted by Gasteiger charge is -2.37. The Kier molecular flexibility index (Phi) is 12.3. The molecule has 62 heavy (non-hydrogen) atoms. The molecule has 3 aliphatic rings. The van der Waals surface area contributed by atoms with Gasteiger partial charge >= 0.3 is 10.2 Å². The van der Waals surface area contributed by atoms with E-state index in [1.165, 1.54) is 37.0 Å². The van der Waals surface area contributed by atoms with E-state index in [9.17, 15) is 27.6 Å². The van der Waals surface area contributed by atoms with Crippen molar-refractivity contribution in [2.24, 2.45) is 0 Å². The van der Waals surface area contributed by atoms with Gasteiger partial charge in [-0.3, -0.25) is 34.1 Å². The number of hydrogen-bond acceptors (Lipinski definition) is 11. The lowest BCUT2D eigenvalue weighted by molar-refractivity contribution is -0.139. The van der Waals surface area contributed by atoms with Gasteiger partial charge in [-0.05, 0) is 79.9 Å². The molecule has 3 aliphatic heterocycles. The number of pyridine rings is 2. The van der Waals surface area contributed by atoms with Crippen molar-refractivity contribution in [3.8, 4) is 16.9 Å². The molecule has 3 amide bonds. The molecule has 0 saturated carbocycles. The third kappa shape index (κ3) is 9.17. The van der Waals surface area contributed by atoms with Crippen LogP contribution >= 0.6 is 0 Å². The molecule has 3 N–H and O–H groups in total. The number of anilines is 2. The summed E-state index contributed by atoms with van der Waals surface area (Å²) in [5.41, 5.74) is 2.66. The van der Waals surface area contributed by atoms with Crippen LogP contribution < -0.4 is 19.7 Å². The number of nitrogens with zero attached hydrogens (tertiary/aromatic N) is 6. The molecule has 8 rings (SSSR count). The normalized spacial score (nSPS) is 18.0. The maximum atomic E-state index is 15.6. The fourth-order valence-corrected chi connectivity index (χ4v) is 9.01. The van der Waals surface area contributed by atoms with E-state index in [2.05, 4.69) is 29.8 Å². The fourth-order valence-electron chi connectivity index (χ4n) is 8.08. The van der Waals surface area contributed by atoms with Gasteiger partial charge in [-0.25, -0.2) is 14.4 Å². The smallest absolute Gasteiger partial charge is 0.301 e. The number of hydrogen-bond donors (Lipinski definition) is 3. The number of amides is 3. The highest BCUT2D eigenvalue weighted by Crippen LogP contribution is 2.31. The molecule has 3 fully saturated rings. The third-order valence-electron chi connectivity index (χ3n) is 11.9. The van der Waals surface area contributed by atoms with Crippen molar-refractivity contribution in [2.75, 3.05) is 69.0 Å². The number of ketones is 1. The Bertz CT molecular complexity index is 2590. The highest BCUT2D eigenvalue weighted by Gasteiger charge is 2.30. The predicted octanol–water partition coefficient (Wildman–Crippen LogP) is 4.32. The first-order valence-electron chi connectivity index (χ1n) is 20.7. The highest BCUT2D eigenvalue weighted by molar-refractivity contribution is 7.90. The Hall–Kier alpha value is -6.24. The van der Waals surface area contributed by atoms with E-state index in [1.807, 2.05) is 41.3 Å². The topological polar surface area (TPSA) is 190 Å². The van der Waals surface area contributed by atoms with Gasteiger partial charge in [0.05, 0.1) is 17.8 Å². The quantitative estimate of drug-likeness (QED) is 0.113. The van der Waals surface area contributed by atoms with Gasteiger partial charge in [0.2, 0.25) is 11.8 Å². The van der Waals surface area contributed by atoms with Crippen molar-refractivity contribution in [3.63, 3.8) is 0 Å². The number of piperazine rings is 1. The molecular formula is C44H48FN9O7S. The molecular weight excluding hydrogens is 818 g/mol. The summed E-state index contributed by atoms with van der Waals surface area (Å²) in [4.78, 5) is 69.0. The molecule has 5 aromatic rings. The van der Waals surface area contributed by atoms with Crippen molar-refractivity contribution in [2.45, 2.75) is 44.6 Å². The summed E-state index contributed by atoms with van der Waals surface area (Å²) in [6.07, 6.45) is 6.70. The van der Waals surface area contributed by atoms with Crippen molar-refractivity contribution >= 4 is 56.3 Å². The minimum Gasteiger partial charge on any atom is -0.481 e. The van der Waals surface area contributed by atoms with Gasteiger partial charge in [0.25, 0.3) is 5.91 Å². The average molecular weight is 866 g/mol. The van der Waals surface area contributed by atoms with Crippen LogP contribution in [0, 0.1) is 5.82 Å². The molecule has 0 bridgehead atoms. The average Bonchev–Trinajstić information content (AvgIpc) is 3.71. The molecule has 18 heteroatoms. The first kappa shape index (κ1) is 42.5. The molecule has 16 nitrogen and oxygen atoms in total. The van der Waals surface area contributed by atoms with Crippen molar-refractivity contribution in [1.82, 2.24) is 34.4 Å². The third-order valence-corrected chi connectivity index (χ3v) is 13.5. The number of imide groups is 1. The van der Waals surface area contributed by atoms with Crippen LogP contribution in [0.3, 0.4) is 0 Å². The van der Waals surface area contributed by atoms with Gasteiger partial charge in [-0.15, -0.1) is 0 Å². The minimum atomic E-state index is -4.01. The predicted molar refractivity (Wildman–Crippen MR) is 230 cm³/mol. The Labute approximate surface area is 358 Å². The summed E-state index contributed by atoms with van der Waals surface area (Å²) >= 11 is 0. The lowest BCUT2D eigenvalue weighted by Crippen LogP contribution is -2.52.